The minimum absolute atomic E-state index is 0.0618. The van der Waals surface area contributed by atoms with Gasteiger partial charge in [-0.25, -0.2) is 0 Å². The molecule has 2 nitrogen and oxygen atoms in total. The third-order valence-electron chi connectivity index (χ3n) is 1.23. The molecule has 0 atom stereocenters. The zero-order chi connectivity index (χ0) is 10.2. The first-order valence-electron chi connectivity index (χ1n) is 3.97. The summed E-state index contributed by atoms with van der Waals surface area (Å²) in [5.41, 5.74) is 0. The Balaban J connectivity index is 3.00. The maximum absolute atomic E-state index is 11.6. The zero-order valence-electron chi connectivity index (χ0n) is 7.16. The highest BCUT2D eigenvalue weighted by molar-refractivity contribution is 6.17. The van der Waals surface area contributed by atoms with Crippen LogP contribution in [0.4, 0.5) is 13.2 Å². The first-order chi connectivity index (χ1) is 6.06. The van der Waals surface area contributed by atoms with E-state index in [1.165, 1.54) is 0 Å². The Morgan fingerprint density at radius 2 is 1.85 bits per heavy atom. The van der Waals surface area contributed by atoms with Gasteiger partial charge < -0.3 is 10.1 Å². The van der Waals surface area contributed by atoms with Gasteiger partial charge in [0.2, 0.25) is 0 Å². The van der Waals surface area contributed by atoms with Gasteiger partial charge >= 0.3 is 6.18 Å². The van der Waals surface area contributed by atoms with Crippen molar-refractivity contribution in [2.75, 3.05) is 32.2 Å². The Bertz CT molecular complexity index is 121. The van der Waals surface area contributed by atoms with Gasteiger partial charge in [-0.15, -0.1) is 11.6 Å². The molecular weight excluding hydrogens is 207 g/mol. The minimum atomic E-state index is -4.08. The summed E-state index contributed by atoms with van der Waals surface area (Å²) in [5.74, 6) is 0.405. The fraction of sp³-hybridized carbons (Fsp3) is 1.00. The topological polar surface area (TPSA) is 21.3 Å². The van der Waals surface area contributed by atoms with Gasteiger partial charge in [-0.1, -0.05) is 0 Å². The van der Waals surface area contributed by atoms with Crippen LogP contribution in [0.2, 0.25) is 0 Å². The molecule has 0 heterocycles. The third kappa shape index (κ3) is 12.0. The quantitative estimate of drug-likeness (QED) is 0.521. The van der Waals surface area contributed by atoms with E-state index < -0.39 is 12.6 Å². The maximum Gasteiger partial charge on any atom is 0.390 e. The number of alkyl halides is 4. The van der Waals surface area contributed by atoms with Crippen LogP contribution in [0.3, 0.4) is 0 Å². The molecule has 13 heavy (non-hydrogen) atoms. The molecule has 0 aromatic heterocycles. The second kappa shape index (κ2) is 7.41. The summed E-state index contributed by atoms with van der Waals surface area (Å²) in [6.07, 6.45) is -4.88. The van der Waals surface area contributed by atoms with E-state index in [1.807, 2.05) is 0 Å². The second-order valence-corrected chi connectivity index (χ2v) is 2.79. The largest absolute Gasteiger partial charge is 0.390 e. The zero-order valence-corrected chi connectivity index (χ0v) is 7.92. The van der Waals surface area contributed by atoms with Crippen LogP contribution in [0.5, 0.6) is 0 Å². The van der Waals surface area contributed by atoms with Gasteiger partial charge in [0.05, 0.1) is 19.6 Å². The van der Waals surface area contributed by atoms with Crippen LogP contribution in [0.1, 0.15) is 6.42 Å². The maximum atomic E-state index is 11.6. The molecule has 0 spiro atoms. The first kappa shape index (κ1) is 13.0. The lowest BCUT2D eigenvalue weighted by Crippen LogP contribution is -2.25. The average Bonchev–Trinajstić information content (AvgIpc) is 2.01. The highest BCUT2D eigenvalue weighted by Gasteiger charge is 2.25. The molecule has 0 radical (unpaired) electrons. The van der Waals surface area contributed by atoms with Crippen LogP contribution in [-0.2, 0) is 4.74 Å². The van der Waals surface area contributed by atoms with Crippen LogP contribution < -0.4 is 5.32 Å². The third-order valence-corrected chi connectivity index (χ3v) is 1.38. The molecule has 0 unspecified atom stereocenters. The van der Waals surface area contributed by atoms with E-state index in [0.29, 0.717) is 25.6 Å². The molecular formula is C7H13ClF3NO. The van der Waals surface area contributed by atoms with E-state index in [-0.39, 0.29) is 6.54 Å². The molecule has 0 saturated carbocycles. The highest BCUT2D eigenvalue weighted by Crippen LogP contribution is 2.17. The van der Waals surface area contributed by atoms with E-state index in [0.717, 1.165) is 0 Å². The molecule has 80 valence electrons. The molecule has 0 amide bonds. The van der Waals surface area contributed by atoms with Crippen molar-refractivity contribution in [3.05, 3.63) is 0 Å². The molecule has 6 heteroatoms. The number of hydrogen-bond acceptors (Lipinski definition) is 2. The fourth-order valence-corrected chi connectivity index (χ4v) is 0.765. The number of hydrogen-bond donors (Lipinski definition) is 1. The van der Waals surface area contributed by atoms with Gasteiger partial charge in [0, 0.05) is 19.0 Å². The molecule has 0 aliphatic rings. The molecule has 0 aliphatic carbocycles. The molecule has 0 fully saturated rings. The smallest absolute Gasteiger partial charge is 0.379 e. The summed E-state index contributed by atoms with van der Waals surface area (Å²) >= 11 is 5.31. The van der Waals surface area contributed by atoms with Gasteiger partial charge in [0.1, 0.15) is 0 Å². The summed E-state index contributed by atoms with van der Waals surface area (Å²) < 4.78 is 39.7. The predicted octanol–water partition coefficient (Wildman–Crippen LogP) is 1.78. The first-order valence-corrected chi connectivity index (χ1v) is 4.51. The van der Waals surface area contributed by atoms with E-state index in [1.54, 1.807) is 0 Å². The predicted molar refractivity (Wildman–Crippen MR) is 45.1 cm³/mol. The number of halogens is 4. The Morgan fingerprint density at radius 3 is 2.38 bits per heavy atom. The fourth-order valence-electron chi connectivity index (χ4n) is 0.656. The standard InChI is InChI=1S/C7H13ClF3NO/c8-2-5-13-6-4-12-3-1-7(9,10)11/h12H,1-6H2. The Hall–Kier alpha value is 0. The summed E-state index contributed by atoms with van der Waals surface area (Å²) in [6, 6.07) is 0. The molecule has 0 aromatic rings. The second-order valence-electron chi connectivity index (χ2n) is 2.42. The lowest BCUT2D eigenvalue weighted by Gasteiger charge is -2.07. The summed E-state index contributed by atoms with van der Waals surface area (Å²) in [5, 5.41) is 2.61. The van der Waals surface area contributed by atoms with Crippen molar-refractivity contribution >= 4 is 11.6 Å². The Kier molecular flexibility index (Phi) is 7.41. The van der Waals surface area contributed by atoms with Gasteiger partial charge in [0.15, 0.2) is 0 Å². The monoisotopic (exact) mass is 219 g/mol. The summed E-state index contributed by atoms with van der Waals surface area (Å²) in [4.78, 5) is 0. The number of nitrogens with one attached hydrogen (secondary N) is 1. The van der Waals surface area contributed by atoms with Gasteiger partial charge in [0.25, 0.3) is 0 Å². The van der Waals surface area contributed by atoms with E-state index in [4.69, 9.17) is 16.3 Å². The molecule has 1 N–H and O–H groups in total. The lowest BCUT2D eigenvalue weighted by molar-refractivity contribution is -0.133. The molecule has 0 aliphatic heterocycles. The van der Waals surface area contributed by atoms with Gasteiger partial charge in [-0.05, 0) is 0 Å². The van der Waals surface area contributed by atoms with E-state index in [9.17, 15) is 13.2 Å². The average molecular weight is 220 g/mol. The summed E-state index contributed by atoms with van der Waals surface area (Å²) in [6.45, 7) is 1.19. The van der Waals surface area contributed by atoms with Crippen LogP contribution in [0.15, 0.2) is 0 Å². The van der Waals surface area contributed by atoms with Crippen molar-refractivity contribution < 1.29 is 17.9 Å². The van der Waals surface area contributed by atoms with Crippen LogP contribution in [0.25, 0.3) is 0 Å². The molecule has 0 saturated heterocycles. The molecule has 0 bridgehead atoms. The van der Waals surface area contributed by atoms with Crippen molar-refractivity contribution in [2.24, 2.45) is 0 Å². The lowest BCUT2D eigenvalue weighted by atomic mass is 10.4. The van der Waals surface area contributed by atoms with Crippen molar-refractivity contribution in [1.82, 2.24) is 5.32 Å². The highest BCUT2D eigenvalue weighted by atomic mass is 35.5. The number of ether oxygens (including phenoxy) is 1. The van der Waals surface area contributed by atoms with Crippen molar-refractivity contribution in [2.45, 2.75) is 12.6 Å². The summed E-state index contributed by atoms with van der Waals surface area (Å²) in [7, 11) is 0. The van der Waals surface area contributed by atoms with E-state index >= 15 is 0 Å². The van der Waals surface area contributed by atoms with Crippen LogP contribution >= 0.6 is 11.6 Å². The Labute approximate surface area is 80.4 Å². The van der Waals surface area contributed by atoms with Crippen molar-refractivity contribution in [3.63, 3.8) is 0 Å². The van der Waals surface area contributed by atoms with Gasteiger partial charge in [-0.2, -0.15) is 13.2 Å². The van der Waals surface area contributed by atoms with Crippen LogP contribution in [-0.4, -0.2) is 38.4 Å². The Morgan fingerprint density at radius 1 is 1.15 bits per heavy atom. The van der Waals surface area contributed by atoms with Gasteiger partial charge in [-0.3, -0.25) is 0 Å². The van der Waals surface area contributed by atoms with E-state index in [2.05, 4.69) is 5.32 Å². The molecule has 0 rings (SSSR count). The van der Waals surface area contributed by atoms with Crippen molar-refractivity contribution in [1.29, 1.82) is 0 Å². The number of rotatable bonds is 7. The normalized spacial score (nSPS) is 12.0. The molecule has 0 aromatic carbocycles. The van der Waals surface area contributed by atoms with Crippen molar-refractivity contribution in [3.8, 4) is 0 Å². The minimum Gasteiger partial charge on any atom is -0.379 e. The van der Waals surface area contributed by atoms with Crippen LogP contribution in [0, 0.1) is 0 Å². The SMILES string of the molecule is FC(F)(F)CCNCCOCCCl.